The first-order valence-corrected chi connectivity index (χ1v) is 5.59. The molecule has 2 fully saturated rings. The highest BCUT2D eigenvalue weighted by molar-refractivity contribution is 5.76. The van der Waals surface area contributed by atoms with Gasteiger partial charge < -0.3 is 4.90 Å². The molecule has 74 valence electrons. The predicted molar refractivity (Wildman–Crippen MR) is 52.3 cm³/mol. The highest BCUT2D eigenvalue weighted by atomic mass is 16.2. The summed E-state index contributed by atoms with van der Waals surface area (Å²) in [6, 6.07) is 0. The molecule has 0 radical (unpaired) electrons. The number of hydrogen-bond donors (Lipinski definition) is 0. The Labute approximate surface area is 80.3 Å². The molecule has 0 spiro atoms. The van der Waals surface area contributed by atoms with Gasteiger partial charge in [0.25, 0.3) is 0 Å². The topological polar surface area (TPSA) is 20.3 Å². The summed E-state index contributed by atoms with van der Waals surface area (Å²) >= 11 is 0. The van der Waals surface area contributed by atoms with Gasteiger partial charge in [0, 0.05) is 19.5 Å². The zero-order valence-corrected chi connectivity index (χ0v) is 8.46. The van der Waals surface area contributed by atoms with Crippen LogP contribution in [0.5, 0.6) is 0 Å². The molecule has 2 rings (SSSR count). The molecule has 2 heteroatoms. The second-order valence-corrected chi connectivity index (χ2v) is 4.50. The number of fused-ring (bicyclic) bond motifs is 1. The van der Waals surface area contributed by atoms with Crippen LogP contribution in [0, 0.1) is 11.8 Å². The Morgan fingerprint density at radius 3 is 2.46 bits per heavy atom. The average Bonchev–Trinajstić information content (AvgIpc) is 2.61. The Hall–Kier alpha value is -0.530. The van der Waals surface area contributed by atoms with E-state index in [2.05, 4.69) is 11.8 Å². The van der Waals surface area contributed by atoms with E-state index in [9.17, 15) is 4.79 Å². The number of carbonyl (C=O) groups is 1. The zero-order valence-electron chi connectivity index (χ0n) is 8.46. The highest BCUT2D eigenvalue weighted by Crippen LogP contribution is 2.37. The fraction of sp³-hybridized carbons (Fsp3) is 0.909. The van der Waals surface area contributed by atoms with Crippen molar-refractivity contribution in [1.82, 2.24) is 4.90 Å². The van der Waals surface area contributed by atoms with Crippen molar-refractivity contribution in [2.75, 3.05) is 13.1 Å². The van der Waals surface area contributed by atoms with Crippen LogP contribution in [0.15, 0.2) is 0 Å². The fourth-order valence-corrected chi connectivity index (χ4v) is 2.81. The van der Waals surface area contributed by atoms with E-state index in [1.54, 1.807) is 0 Å². The minimum Gasteiger partial charge on any atom is -0.342 e. The SMILES string of the molecule is CCCC(=O)N1C[C@H]2CCC[C@H]2C1. The van der Waals surface area contributed by atoms with Crippen molar-refractivity contribution in [3.05, 3.63) is 0 Å². The molecule has 0 aromatic carbocycles. The largest absolute Gasteiger partial charge is 0.342 e. The van der Waals surface area contributed by atoms with Gasteiger partial charge in [0.1, 0.15) is 0 Å². The monoisotopic (exact) mass is 181 g/mol. The van der Waals surface area contributed by atoms with Crippen LogP contribution in [0.1, 0.15) is 39.0 Å². The van der Waals surface area contributed by atoms with Crippen LogP contribution in [0.25, 0.3) is 0 Å². The van der Waals surface area contributed by atoms with Gasteiger partial charge in [-0.05, 0) is 31.1 Å². The Morgan fingerprint density at radius 2 is 1.92 bits per heavy atom. The van der Waals surface area contributed by atoms with Crippen molar-refractivity contribution in [2.45, 2.75) is 39.0 Å². The number of amides is 1. The lowest BCUT2D eigenvalue weighted by Crippen LogP contribution is -2.28. The molecule has 0 aromatic heterocycles. The lowest BCUT2D eigenvalue weighted by Gasteiger charge is -2.16. The summed E-state index contributed by atoms with van der Waals surface area (Å²) in [5.41, 5.74) is 0. The molecule has 13 heavy (non-hydrogen) atoms. The van der Waals surface area contributed by atoms with Gasteiger partial charge in [0.15, 0.2) is 0 Å². The lowest BCUT2D eigenvalue weighted by molar-refractivity contribution is -0.130. The van der Waals surface area contributed by atoms with Gasteiger partial charge in [-0.3, -0.25) is 4.79 Å². The number of nitrogens with zero attached hydrogens (tertiary/aromatic N) is 1. The third kappa shape index (κ3) is 1.72. The third-order valence-electron chi connectivity index (χ3n) is 3.54. The standard InChI is InChI=1S/C11H19NO/c1-2-4-11(13)12-7-9-5-3-6-10(9)8-12/h9-10H,2-8H2,1H3/t9-,10+. The van der Waals surface area contributed by atoms with E-state index in [4.69, 9.17) is 0 Å². The molecule has 0 unspecified atom stereocenters. The van der Waals surface area contributed by atoms with E-state index in [1.165, 1.54) is 19.3 Å². The summed E-state index contributed by atoms with van der Waals surface area (Å²) in [4.78, 5) is 13.7. The van der Waals surface area contributed by atoms with Gasteiger partial charge in [0.2, 0.25) is 5.91 Å². The minimum absolute atomic E-state index is 0.386. The molecule has 1 amide bonds. The van der Waals surface area contributed by atoms with E-state index >= 15 is 0 Å². The molecule has 2 aliphatic rings. The van der Waals surface area contributed by atoms with E-state index in [-0.39, 0.29) is 0 Å². The van der Waals surface area contributed by atoms with Crippen molar-refractivity contribution < 1.29 is 4.79 Å². The Bertz CT molecular complexity index is 190. The van der Waals surface area contributed by atoms with E-state index < -0.39 is 0 Å². The summed E-state index contributed by atoms with van der Waals surface area (Å²) in [6.45, 7) is 4.20. The summed E-state index contributed by atoms with van der Waals surface area (Å²) in [5, 5.41) is 0. The van der Waals surface area contributed by atoms with Gasteiger partial charge in [0.05, 0.1) is 0 Å². The predicted octanol–water partition coefficient (Wildman–Crippen LogP) is 2.04. The maximum Gasteiger partial charge on any atom is 0.222 e. The van der Waals surface area contributed by atoms with Crippen LogP contribution in [0.3, 0.4) is 0 Å². The third-order valence-corrected chi connectivity index (χ3v) is 3.54. The molecule has 2 nitrogen and oxygen atoms in total. The zero-order chi connectivity index (χ0) is 9.26. The van der Waals surface area contributed by atoms with Crippen LogP contribution < -0.4 is 0 Å². The van der Waals surface area contributed by atoms with E-state index in [1.807, 2.05) is 0 Å². The molecule has 1 saturated heterocycles. The van der Waals surface area contributed by atoms with Crippen molar-refractivity contribution in [3.8, 4) is 0 Å². The van der Waals surface area contributed by atoms with Crippen LogP contribution in [0.2, 0.25) is 0 Å². The minimum atomic E-state index is 0.386. The van der Waals surface area contributed by atoms with Crippen LogP contribution >= 0.6 is 0 Å². The van der Waals surface area contributed by atoms with Crippen molar-refractivity contribution in [2.24, 2.45) is 11.8 Å². The number of likely N-dealkylation sites (tertiary alicyclic amines) is 1. The average molecular weight is 181 g/mol. The maximum atomic E-state index is 11.6. The van der Waals surface area contributed by atoms with Gasteiger partial charge in [-0.15, -0.1) is 0 Å². The van der Waals surface area contributed by atoms with Crippen LogP contribution in [-0.2, 0) is 4.79 Å². The number of carbonyl (C=O) groups excluding carboxylic acids is 1. The molecule has 1 heterocycles. The molecule has 0 bridgehead atoms. The smallest absolute Gasteiger partial charge is 0.222 e. The van der Waals surface area contributed by atoms with Gasteiger partial charge >= 0.3 is 0 Å². The second-order valence-electron chi connectivity index (χ2n) is 4.50. The first-order valence-electron chi connectivity index (χ1n) is 5.59. The molecule has 0 N–H and O–H groups in total. The van der Waals surface area contributed by atoms with Crippen LogP contribution in [0.4, 0.5) is 0 Å². The highest BCUT2D eigenvalue weighted by Gasteiger charge is 2.37. The molecule has 1 aliphatic heterocycles. The molecule has 0 aromatic rings. The lowest BCUT2D eigenvalue weighted by atomic mass is 10.0. The van der Waals surface area contributed by atoms with Gasteiger partial charge in [-0.25, -0.2) is 0 Å². The Kier molecular flexibility index (Phi) is 2.56. The molecular formula is C11H19NO. The van der Waals surface area contributed by atoms with Crippen molar-refractivity contribution in [1.29, 1.82) is 0 Å². The van der Waals surface area contributed by atoms with Gasteiger partial charge in [-0.1, -0.05) is 13.3 Å². The quantitative estimate of drug-likeness (QED) is 0.638. The molecule has 2 atom stereocenters. The number of rotatable bonds is 2. The second kappa shape index (κ2) is 3.69. The van der Waals surface area contributed by atoms with E-state index in [0.717, 1.165) is 37.8 Å². The fourth-order valence-electron chi connectivity index (χ4n) is 2.81. The molecular weight excluding hydrogens is 162 g/mol. The van der Waals surface area contributed by atoms with Crippen LogP contribution in [-0.4, -0.2) is 23.9 Å². The summed E-state index contributed by atoms with van der Waals surface area (Å²) in [5.74, 6) is 2.08. The summed E-state index contributed by atoms with van der Waals surface area (Å²) < 4.78 is 0. The molecule has 1 aliphatic carbocycles. The normalized spacial score (nSPS) is 32.2. The first-order chi connectivity index (χ1) is 6.31. The Balaban J connectivity index is 1.87. The first kappa shape index (κ1) is 9.04. The maximum absolute atomic E-state index is 11.6. The summed E-state index contributed by atoms with van der Waals surface area (Å²) in [6.07, 6.45) is 5.86. The van der Waals surface area contributed by atoms with Crippen molar-refractivity contribution >= 4 is 5.91 Å². The van der Waals surface area contributed by atoms with E-state index in [0.29, 0.717) is 5.91 Å². The number of hydrogen-bond acceptors (Lipinski definition) is 1. The van der Waals surface area contributed by atoms with Crippen molar-refractivity contribution in [3.63, 3.8) is 0 Å². The molecule has 1 saturated carbocycles. The van der Waals surface area contributed by atoms with Gasteiger partial charge in [-0.2, -0.15) is 0 Å². The summed E-state index contributed by atoms with van der Waals surface area (Å²) in [7, 11) is 0. The Morgan fingerprint density at radius 1 is 1.31 bits per heavy atom.